The van der Waals surface area contributed by atoms with Crippen molar-refractivity contribution in [1.82, 2.24) is 25.3 Å². The molecule has 7 nitrogen and oxygen atoms in total. The van der Waals surface area contributed by atoms with E-state index in [1.807, 2.05) is 19.2 Å². The third-order valence-electron chi connectivity index (χ3n) is 2.55. The number of amides is 1. The van der Waals surface area contributed by atoms with Crippen LogP contribution in [0.15, 0.2) is 21.9 Å². The number of rotatable bonds is 7. The average Bonchev–Trinajstić information content (AvgIpc) is 3.04. The van der Waals surface area contributed by atoms with Gasteiger partial charge in [0.15, 0.2) is 0 Å². The molecule has 0 spiro atoms. The molecule has 0 saturated carbocycles. The SMILES string of the molecule is Cc1ccn(Cc2nnc(SCC(=O)NCC(C)C)o2)n1. The summed E-state index contributed by atoms with van der Waals surface area (Å²) in [6.45, 7) is 7.12. The largest absolute Gasteiger partial charge is 0.414 e. The van der Waals surface area contributed by atoms with Crippen molar-refractivity contribution in [3.63, 3.8) is 0 Å². The van der Waals surface area contributed by atoms with E-state index in [4.69, 9.17) is 4.42 Å². The number of thioether (sulfide) groups is 1. The highest BCUT2D eigenvalue weighted by molar-refractivity contribution is 7.99. The maximum absolute atomic E-state index is 11.6. The number of hydrogen-bond donors (Lipinski definition) is 1. The Hall–Kier alpha value is -1.83. The Balaban J connectivity index is 1.79. The van der Waals surface area contributed by atoms with Gasteiger partial charge in [-0.25, -0.2) is 0 Å². The van der Waals surface area contributed by atoms with Crippen LogP contribution in [0.1, 0.15) is 25.4 Å². The lowest BCUT2D eigenvalue weighted by Gasteiger charge is -2.05. The second-order valence-electron chi connectivity index (χ2n) is 5.10. The zero-order chi connectivity index (χ0) is 15.2. The van der Waals surface area contributed by atoms with E-state index in [0.29, 0.717) is 30.1 Å². The minimum atomic E-state index is -0.0313. The number of nitrogens with one attached hydrogen (secondary N) is 1. The molecule has 2 aromatic heterocycles. The van der Waals surface area contributed by atoms with Gasteiger partial charge in [-0.3, -0.25) is 9.48 Å². The third-order valence-corrected chi connectivity index (χ3v) is 3.37. The number of carbonyl (C=O) groups excluding carboxylic acids is 1. The predicted octanol–water partition coefficient (Wildman–Crippen LogP) is 1.49. The standard InChI is InChI=1S/C13H19N5O2S/c1-9(2)6-14-11(19)8-21-13-16-15-12(20-13)7-18-5-4-10(3)17-18/h4-5,9H,6-8H2,1-3H3,(H,14,19). The maximum Gasteiger partial charge on any atom is 0.277 e. The van der Waals surface area contributed by atoms with Gasteiger partial charge in [0.2, 0.25) is 11.8 Å². The van der Waals surface area contributed by atoms with Gasteiger partial charge < -0.3 is 9.73 Å². The molecule has 1 N–H and O–H groups in total. The smallest absolute Gasteiger partial charge is 0.277 e. The van der Waals surface area contributed by atoms with Crippen LogP contribution in [0.5, 0.6) is 0 Å². The van der Waals surface area contributed by atoms with E-state index in [0.717, 1.165) is 5.69 Å². The van der Waals surface area contributed by atoms with Crippen LogP contribution >= 0.6 is 11.8 Å². The molecule has 114 valence electrons. The monoisotopic (exact) mass is 309 g/mol. The summed E-state index contributed by atoms with van der Waals surface area (Å²) in [5.41, 5.74) is 0.936. The highest BCUT2D eigenvalue weighted by atomic mass is 32.2. The summed E-state index contributed by atoms with van der Waals surface area (Å²) in [6, 6.07) is 1.91. The fourth-order valence-corrected chi connectivity index (χ4v) is 2.16. The molecule has 21 heavy (non-hydrogen) atoms. The molecule has 0 atom stereocenters. The summed E-state index contributed by atoms with van der Waals surface area (Å²) in [4.78, 5) is 11.6. The first kappa shape index (κ1) is 15.6. The topological polar surface area (TPSA) is 85.8 Å². The zero-order valence-corrected chi connectivity index (χ0v) is 13.2. The van der Waals surface area contributed by atoms with Crippen LogP contribution in [0, 0.1) is 12.8 Å². The van der Waals surface area contributed by atoms with Crippen molar-refractivity contribution >= 4 is 17.7 Å². The number of aryl methyl sites for hydroxylation is 1. The van der Waals surface area contributed by atoms with E-state index in [1.54, 1.807) is 4.68 Å². The molecular weight excluding hydrogens is 290 g/mol. The molecule has 0 bridgehead atoms. The van der Waals surface area contributed by atoms with E-state index in [2.05, 4.69) is 34.5 Å². The van der Waals surface area contributed by atoms with Gasteiger partial charge in [-0.05, 0) is 18.9 Å². The van der Waals surface area contributed by atoms with E-state index < -0.39 is 0 Å². The first-order valence-electron chi connectivity index (χ1n) is 6.75. The Bertz CT molecular complexity index is 593. The fourth-order valence-electron chi connectivity index (χ4n) is 1.55. The molecule has 0 aliphatic heterocycles. The highest BCUT2D eigenvalue weighted by Gasteiger charge is 2.10. The van der Waals surface area contributed by atoms with Crippen molar-refractivity contribution in [2.75, 3.05) is 12.3 Å². The maximum atomic E-state index is 11.6. The second-order valence-corrected chi connectivity index (χ2v) is 6.03. The summed E-state index contributed by atoms with van der Waals surface area (Å²) >= 11 is 1.23. The van der Waals surface area contributed by atoms with Crippen molar-refractivity contribution in [3.8, 4) is 0 Å². The second kappa shape index (κ2) is 7.26. The van der Waals surface area contributed by atoms with Gasteiger partial charge in [0.05, 0.1) is 11.4 Å². The summed E-state index contributed by atoms with van der Waals surface area (Å²) in [5.74, 6) is 1.15. The molecule has 2 rings (SSSR count). The van der Waals surface area contributed by atoms with E-state index in [-0.39, 0.29) is 11.7 Å². The van der Waals surface area contributed by atoms with Gasteiger partial charge in [0, 0.05) is 12.7 Å². The normalized spacial score (nSPS) is 11.0. The van der Waals surface area contributed by atoms with Crippen LogP contribution in [0.4, 0.5) is 0 Å². The number of carbonyl (C=O) groups is 1. The minimum Gasteiger partial charge on any atom is -0.414 e. The Morgan fingerprint density at radius 2 is 2.29 bits per heavy atom. The average molecular weight is 309 g/mol. The summed E-state index contributed by atoms with van der Waals surface area (Å²) in [5, 5.41) is 15.3. The summed E-state index contributed by atoms with van der Waals surface area (Å²) in [7, 11) is 0. The number of nitrogens with zero attached hydrogens (tertiary/aromatic N) is 4. The van der Waals surface area contributed by atoms with Crippen LogP contribution in [0.2, 0.25) is 0 Å². The Morgan fingerprint density at radius 1 is 1.48 bits per heavy atom. The van der Waals surface area contributed by atoms with Crippen molar-refractivity contribution in [2.24, 2.45) is 5.92 Å². The van der Waals surface area contributed by atoms with E-state index in [1.165, 1.54) is 11.8 Å². The quantitative estimate of drug-likeness (QED) is 0.780. The molecule has 2 heterocycles. The molecule has 0 radical (unpaired) electrons. The fraction of sp³-hybridized carbons (Fsp3) is 0.538. The number of hydrogen-bond acceptors (Lipinski definition) is 6. The van der Waals surface area contributed by atoms with Gasteiger partial charge in [0.1, 0.15) is 6.54 Å². The van der Waals surface area contributed by atoms with Crippen LogP contribution in [0.3, 0.4) is 0 Å². The molecule has 2 aromatic rings. The molecule has 0 aliphatic rings. The summed E-state index contributed by atoms with van der Waals surface area (Å²) < 4.78 is 7.20. The number of aromatic nitrogens is 4. The molecule has 0 aromatic carbocycles. The van der Waals surface area contributed by atoms with Crippen molar-refractivity contribution in [3.05, 3.63) is 23.8 Å². The lowest BCUT2D eigenvalue weighted by atomic mass is 10.2. The molecule has 0 saturated heterocycles. The third kappa shape index (κ3) is 5.22. The Morgan fingerprint density at radius 3 is 2.95 bits per heavy atom. The van der Waals surface area contributed by atoms with Crippen LogP contribution in [0.25, 0.3) is 0 Å². The predicted molar refractivity (Wildman–Crippen MR) is 78.9 cm³/mol. The lowest BCUT2D eigenvalue weighted by molar-refractivity contribution is -0.118. The van der Waals surface area contributed by atoms with Crippen LogP contribution < -0.4 is 5.32 Å². The molecule has 1 amide bonds. The van der Waals surface area contributed by atoms with Crippen molar-refractivity contribution < 1.29 is 9.21 Å². The van der Waals surface area contributed by atoms with Crippen LogP contribution in [-0.4, -0.2) is 38.2 Å². The molecule has 0 unspecified atom stereocenters. The zero-order valence-electron chi connectivity index (χ0n) is 12.4. The molecular formula is C13H19N5O2S. The van der Waals surface area contributed by atoms with Crippen LogP contribution in [-0.2, 0) is 11.3 Å². The first-order valence-corrected chi connectivity index (χ1v) is 7.73. The molecule has 0 fully saturated rings. The molecule has 8 heteroatoms. The first-order chi connectivity index (χ1) is 10.0. The highest BCUT2D eigenvalue weighted by Crippen LogP contribution is 2.16. The summed E-state index contributed by atoms with van der Waals surface area (Å²) in [6.07, 6.45) is 1.85. The van der Waals surface area contributed by atoms with Gasteiger partial charge in [-0.15, -0.1) is 10.2 Å². The van der Waals surface area contributed by atoms with Crippen molar-refractivity contribution in [2.45, 2.75) is 32.5 Å². The Kier molecular flexibility index (Phi) is 5.38. The lowest BCUT2D eigenvalue weighted by Crippen LogP contribution is -2.28. The van der Waals surface area contributed by atoms with Crippen molar-refractivity contribution in [1.29, 1.82) is 0 Å². The van der Waals surface area contributed by atoms with E-state index in [9.17, 15) is 4.79 Å². The molecule has 0 aliphatic carbocycles. The Labute approximate surface area is 127 Å². The van der Waals surface area contributed by atoms with Gasteiger partial charge in [-0.2, -0.15) is 5.10 Å². The van der Waals surface area contributed by atoms with Gasteiger partial charge in [-0.1, -0.05) is 25.6 Å². The van der Waals surface area contributed by atoms with Gasteiger partial charge in [0.25, 0.3) is 5.22 Å². The van der Waals surface area contributed by atoms with Gasteiger partial charge >= 0.3 is 0 Å². The van der Waals surface area contributed by atoms with E-state index >= 15 is 0 Å². The minimum absolute atomic E-state index is 0.0313.